The van der Waals surface area contributed by atoms with Crippen LogP contribution in [0.1, 0.15) is 31.9 Å². The second-order valence-corrected chi connectivity index (χ2v) is 4.38. The van der Waals surface area contributed by atoms with Gasteiger partial charge in [0.15, 0.2) is 0 Å². The minimum Gasteiger partial charge on any atom is -0.489 e. The Labute approximate surface area is 101 Å². The summed E-state index contributed by atoms with van der Waals surface area (Å²) in [5.74, 6) is 0.664. The number of halogens is 1. The third-order valence-corrected chi connectivity index (χ3v) is 2.48. The minimum absolute atomic E-state index is 0.0725. The van der Waals surface area contributed by atoms with Crippen molar-refractivity contribution in [3.63, 3.8) is 0 Å². The number of ether oxygens (including phenoxy) is 1. The number of hydrogen-bond donors (Lipinski definition) is 2. The zero-order valence-corrected chi connectivity index (χ0v) is 10.4. The third-order valence-electron chi connectivity index (χ3n) is 2.19. The maximum atomic E-state index is 8.80. The number of benzene rings is 1. The van der Waals surface area contributed by atoms with E-state index in [1.165, 1.54) is 0 Å². The summed E-state index contributed by atoms with van der Waals surface area (Å²) in [5, 5.41) is 9.36. The highest BCUT2D eigenvalue weighted by molar-refractivity contribution is 6.32. The maximum absolute atomic E-state index is 8.80. The van der Waals surface area contributed by atoms with E-state index in [1.54, 1.807) is 6.07 Å². The Kier molecular flexibility index (Phi) is 5.06. The van der Waals surface area contributed by atoms with Crippen molar-refractivity contribution in [1.29, 1.82) is 0 Å². The predicted octanol–water partition coefficient (Wildman–Crippen LogP) is 2.51. The first-order valence-corrected chi connectivity index (χ1v) is 5.75. The van der Waals surface area contributed by atoms with Crippen molar-refractivity contribution in [2.45, 2.75) is 32.4 Å². The Bertz CT molecular complexity index is 342. The van der Waals surface area contributed by atoms with E-state index in [-0.39, 0.29) is 18.8 Å². The lowest BCUT2D eigenvalue weighted by Crippen LogP contribution is -2.12. The smallest absolute Gasteiger partial charge is 0.138 e. The van der Waals surface area contributed by atoms with Crippen molar-refractivity contribution in [3.05, 3.63) is 28.8 Å². The standard InChI is InChI=1S/C12H18ClNO2/c1-8(2)16-12-4-3-9(7-10(12)13)11(14)5-6-15/h3-4,7-8,11,15H,5-6,14H2,1-2H3. The van der Waals surface area contributed by atoms with E-state index in [0.717, 1.165) is 5.56 Å². The van der Waals surface area contributed by atoms with Crippen LogP contribution >= 0.6 is 11.6 Å². The molecule has 0 aliphatic rings. The molecule has 0 aromatic heterocycles. The molecule has 1 rings (SSSR count). The number of nitrogens with two attached hydrogens (primary N) is 1. The summed E-state index contributed by atoms with van der Waals surface area (Å²) in [4.78, 5) is 0. The van der Waals surface area contributed by atoms with Crippen LogP contribution < -0.4 is 10.5 Å². The molecule has 1 unspecified atom stereocenters. The van der Waals surface area contributed by atoms with E-state index < -0.39 is 0 Å². The van der Waals surface area contributed by atoms with Gasteiger partial charge in [-0.1, -0.05) is 17.7 Å². The summed E-state index contributed by atoms with van der Waals surface area (Å²) in [5.41, 5.74) is 6.78. The third kappa shape index (κ3) is 3.67. The van der Waals surface area contributed by atoms with Crippen LogP contribution in [0.15, 0.2) is 18.2 Å². The van der Waals surface area contributed by atoms with Gasteiger partial charge >= 0.3 is 0 Å². The monoisotopic (exact) mass is 243 g/mol. The molecule has 0 amide bonds. The second-order valence-electron chi connectivity index (χ2n) is 3.98. The molecule has 0 aliphatic heterocycles. The number of aliphatic hydroxyl groups excluding tert-OH is 1. The average molecular weight is 244 g/mol. The fraction of sp³-hybridized carbons (Fsp3) is 0.500. The highest BCUT2D eigenvalue weighted by Gasteiger charge is 2.09. The topological polar surface area (TPSA) is 55.5 Å². The molecule has 0 spiro atoms. The molecular formula is C12H18ClNO2. The van der Waals surface area contributed by atoms with Gasteiger partial charge in [-0.05, 0) is 38.0 Å². The molecule has 0 bridgehead atoms. The molecule has 3 N–H and O–H groups in total. The zero-order chi connectivity index (χ0) is 12.1. The normalized spacial score (nSPS) is 12.9. The molecule has 0 fully saturated rings. The summed E-state index contributed by atoms with van der Waals surface area (Å²) in [6.45, 7) is 3.96. The fourth-order valence-electron chi connectivity index (χ4n) is 1.40. The molecule has 0 radical (unpaired) electrons. The molecule has 3 nitrogen and oxygen atoms in total. The van der Waals surface area contributed by atoms with E-state index in [0.29, 0.717) is 17.2 Å². The molecule has 1 aromatic carbocycles. The van der Waals surface area contributed by atoms with Crippen LogP contribution in [0.3, 0.4) is 0 Å². The van der Waals surface area contributed by atoms with Crippen LogP contribution in [-0.2, 0) is 0 Å². The summed E-state index contributed by atoms with van der Waals surface area (Å²) >= 11 is 6.07. The van der Waals surface area contributed by atoms with Gasteiger partial charge in [-0.25, -0.2) is 0 Å². The second kappa shape index (κ2) is 6.09. The Hall–Kier alpha value is -0.770. The van der Waals surface area contributed by atoms with Crippen molar-refractivity contribution in [2.24, 2.45) is 5.73 Å². The summed E-state index contributed by atoms with van der Waals surface area (Å²) in [7, 11) is 0. The number of rotatable bonds is 5. The highest BCUT2D eigenvalue weighted by Crippen LogP contribution is 2.28. The van der Waals surface area contributed by atoms with Gasteiger partial charge in [-0.15, -0.1) is 0 Å². The lowest BCUT2D eigenvalue weighted by Gasteiger charge is -2.15. The number of aliphatic hydroxyl groups is 1. The van der Waals surface area contributed by atoms with Crippen LogP contribution in [0.25, 0.3) is 0 Å². The predicted molar refractivity (Wildman–Crippen MR) is 65.8 cm³/mol. The Morgan fingerprint density at radius 1 is 1.44 bits per heavy atom. The van der Waals surface area contributed by atoms with Crippen LogP contribution in [0.2, 0.25) is 5.02 Å². The molecule has 0 aliphatic carbocycles. The first kappa shape index (κ1) is 13.3. The van der Waals surface area contributed by atoms with E-state index in [4.69, 9.17) is 27.2 Å². The van der Waals surface area contributed by atoms with Gasteiger partial charge in [0.05, 0.1) is 11.1 Å². The van der Waals surface area contributed by atoms with Crippen molar-refractivity contribution in [2.75, 3.05) is 6.61 Å². The van der Waals surface area contributed by atoms with Gasteiger partial charge in [-0.2, -0.15) is 0 Å². The van der Waals surface area contributed by atoms with E-state index >= 15 is 0 Å². The van der Waals surface area contributed by atoms with Gasteiger partial charge in [0, 0.05) is 12.6 Å². The molecule has 90 valence electrons. The van der Waals surface area contributed by atoms with Crippen molar-refractivity contribution >= 4 is 11.6 Å². The average Bonchev–Trinajstić information content (AvgIpc) is 2.20. The van der Waals surface area contributed by atoms with Crippen molar-refractivity contribution in [3.8, 4) is 5.75 Å². The zero-order valence-electron chi connectivity index (χ0n) is 9.61. The highest BCUT2D eigenvalue weighted by atomic mass is 35.5. The summed E-state index contributed by atoms with van der Waals surface area (Å²) < 4.78 is 5.52. The summed E-state index contributed by atoms with van der Waals surface area (Å²) in [6.07, 6.45) is 0.621. The molecule has 4 heteroatoms. The molecule has 0 heterocycles. The Morgan fingerprint density at radius 2 is 2.12 bits per heavy atom. The maximum Gasteiger partial charge on any atom is 0.138 e. The van der Waals surface area contributed by atoms with Crippen LogP contribution in [-0.4, -0.2) is 17.8 Å². The molecular weight excluding hydrogens is 226 g/mol. The lowest BCUT2D eigenvalue weighted by molar-refractivity contribution is 0.242. The molecule has 1 atom stereocenters. The first-order valence-electron chi connectivity index (χ1n) is 5.37. The lowest BCUT2D eigenvalue weighted by atomic mass is 10.1. The van der Waals surface area contributed by atoms with E-state index in [2.05, 4.69) is 0 Å². The van der Waals surface area contributed by atoms with Crippen molar-refractivity contribution < 1.29 is 9.84 Å². The van der Waals surface area contributed by atoms with E-state index in [9.17, 15) is 0 Å². The van der Waals surface area contributed by atoms with E-state index in [1.807, 2.05) is 26.0 Å². The van der Waals surface area contributed by atoms with Gasteiger partial charge in [0.25, 0.3) is 0 Å². The van der Waals surface area contributed by atoms with Gasteiger partial charge < -0.3 is 15.6 Å². The Balaban J connectivity index is 2.82. The fourth-order valence-corrected chi connectivity index (χ4v) is 1.64. The minimum atomic E-state index is -0.185. The number of hydrogen-bond acceptors (Lipinski definition) is 3. The Morgan fingerprint density at radius 3 is 2.62 bits per heavy atom. The largest absolute Gasteiger partial charge is 0.489 e. The quantitative estimate of drug-likeness (QED) is 0.836. The molecule has 0 saturated carbocycles. The molecule has 0 saturated heterocycles. The van der Waals surface area contributed by atoms with Crippen molar-refractivity contribution in [1.82, 2.24) is 0 Å². The summed E-state index contributed by atoms with van der Waals surface area (Å²) in [6, 6.07) is 5.30. The van der Waals surface area contributed by atoms with Gasteiger partial charge in [-0.3, -0.25) is 0 Å². The van der Waals surface area contributed by atoms with Gasteiger partial charge in [0.2, 0.25) is 0 Å². The SMILES string of the molecule is CC(C)Oc1ccc(C(N)CCO)cc1Cl. The first-order chi connectivity index (χ1) is 7.54. The van der Waals surface area contributed by atoms with Crippen LogP contribution in [0.5, 0.6) is 5.75 Å². The molecule has 1 aromatic rings. The van der Waals surface area contributed by atoms with Gasteiger partial charge in [0.1, 0.15) is 5.75 Å². The van der Waals surface area contributed by atoms with Crippen LogP contribution in [0.4, 0.5) is 0 Å². The van der Waals surface area contributed by atoms with Crippen LogP contribution in [0, 0.1) is 0 Å². The molecule has 16 heavy (non-hydrogen) atoms.